The summed E-state index contributed by atoms with van der Waals surface area (Å²) in [6.45, 7) is 3.18. The molecule has 3 atom stereocenters. The van der Waals surface area contributed by atoms with Gasteiger partial charge in [0.15, 0.2) is 0 Å². The van der Waals surface area contributed by atoms with E-state index in [1.165, 1.54) is 4.90 Å². The quantitative estimate of drug-likeness (QED) is 0.0697. The molecule has 0 aromatic rings. The lowest BCUT2D eigenvalue weighted by Gasteiger charge is -2.30. The van der Waals surface area contributed by atoms with Crippen molar-refractivity contribution in [2.45, 2.75) is 64.1 Å². The number of aliphatic carboxylic acids is 1. The zero-order chi connectivity index (χ0) is 32.8. The summed E-state index contributed by atoms with van der Waals surface area (Å²) in [7, 11) is 0. The average Bonchev–Trinajstić information content (AvgIpc) is 3.57. The predicted molar refractivity (Wildman–Crippen MR) is 152 cm³/mol. The number of imide groups is 1. The normalized spacial score (nSPS) is 17.4. The highest BCUT2D eigenvalue weighted by atomic mass is 16.5. The van der Waals surface area contributed by atoms with Crippen LogP contribution in [0.3, 0.4) is 0 Å². The molecule has 0 aromatic heterocycles. The molecule has 2 aliphatic rings. The molecular formula is C27H41N7O10. The molecule has 17 nitrogen and oxygen atoms in total. The van der Waals surface area contributed by atoms with Gasteiger partial charge in [0.05, 0.1) is 19.8 Å². The maximum atomic E-state index is 13.6. The third kappa shape index (κ3) is 11.3. The number of carbonyl (C=O) groups excluding carboxylic acids is 7. The van der Waals surface area contributed by atoms with E-state index in [1.54, 1.807) is 13.8 Å². The molecule has 2 heterocycles. The lowest BCUT2D eigenvalue weighted by Crippen LogP contribution is -2.57. The van der Waals surface area contributed by atoms with E-state index in [0.717, 1.165) is 17.1 Å². The molecule has 8 amide bonds. The van der Waals surface area contributed by atoms with Gasteiger partial charge in [0, 0.05) is 31.7 Å². The van der Waals surface area contributed by atoms with E-state index in [0.29, 0.717) is 12.8 Å². The molecule has 244 valence electrons. The maximum absolute atomic E-state index is 13.6. The fourth-order valence-corrected chi connectivity index (χ4v) is 4.68. The topological polar surface area (TPSA) is 247 Å². The Bertz CT molecular complexity index is 1120. The summed E-state index contributed by atoms with van der Waals surface area (Å²) < 4.78 is 5.36. The standard InChI is InChI=1S/C27H41N7O10/c1-16(2)23(32-19(35)9-13-44-14-12-34-20(36)7-8-21(34)37)25(41)31-17(5-3-10-29-27(28)43)26(42)33-11-4-6-18(33)24(40)30-15-22(38)39/h7-8,16-18,23H,3-6,9-15H2,1-2H3,(H,30,40)(H,31,41)(H,32,35)(H,38,39)(H3,28,29,43)/t17-,18-,23-/m0/s1. The summed E-state index contributed by atoms with van der Waals surface area (Å²) >= 11 is 0. The predicted octanol–water partition coefficient (Wildman–Crippen LogP) is -2.42. The van der Waals surface area contributed by atoms with Crippen LogP contribution in [0, 0.1) is 5.92 Å². The van der Waals surface area contributed by atoms with E-state index in [9.17, 15) is 38.4 Å². The van der Waals surface area contributed by atoms with Crippen molar-refractivity contribution in [1.29, 1.82) is 0 Å². The third-order valence-electron chi connectivity index (χ3n) is 6.93. The van der Waals surface area contributed by atoms with Gasteiger partial charge in [-0.05, 0) is 31.6 Å². The Kier molecular flexibility index (Phi) is 14.2. The Morgan fingerprint density at radius 1 is 1.05 bits per heavy atom. The second-order valence-corrected chi connectivity index (χ2v) is 10.6. The van der Waals surface area contributed by atoms with Crippen molar-refractivity contribution >= 4 is 47.4 Å². The van der Waals surface area contributed by atoms with Gasteiger partial charge in [-0.15, -0.1) is 0 Å². The minimum Gasteiger partial charge on any atom is -0.480 e. The number of carboxylic acids is 1. The Morgan fingerprint density at radius 3 is 2.34 bits per heavy atom. The largest absolute Gasteiger partial charge is 0.480 e. The number of primary amides is 1. The van der Waals surface area contributed by atoms with Crippen LogP contribution in [0.5, 0.6) is 0 Å². The first-order chi connectivity index (χ1) is 20.8. The van der Waals surface area contributed by atoms with Gasteiger partial charge in [-0.1, -0.05) is 13.8 Å². The lowest BCUT2D eigenvalue weighted by molar-refractivity contribution is -0.143. The summed E-state index contributed by atoms with van der Waals surface area (Å²) in [5, 5.41) is 18.9. The highest BCUT2D eigenvalue weighted by molar-refractivity contribution is 6.12. The Labute approximate surface area is 254 Å². The number of amides is 8. The first kappa shape index (κ1) is 35.7. The third-order valence-corrected chi connectivity index (χ3v) is 6.93. The monoisotopic (exact) mass is 623 g/mol. The molecule has 44 heavy (non-hydrogen) atoms. The lowest BCUT2D eigenvalue weighted by atomic mass is 10.0. The Hall–Kier alpha value is -4.54. The van der Waals surface area contributed by atoms with Gasteiger partial charge < -0.3 is 41.7 Å². The number of nitrogens with two attached hydrogens (primary N) is 1. The van der Waals surface area contributed by atoms with Crippen molar-refractivity contribution < 1.29 is 48.2 Å². The Morgan fingerprint density at radius 2 is 1.73 bits per heavy atom. The van der Waals surface area contributed by atoms with Crippen LogP contribution < -0.4 is 27.0 Å². The van der Waals surface area contributed by atoms with Crippen molar-refractivity contribution in [3.05, 3.63) is 12.2 Å². The van der Waals surface area contributed by atoms with Gasteiger partial charge in [-0.3, -0.25) is 38.5 Å². The van der Waals surface area contributed by atoms with E-state index in [2.05, 4.69) is 21.3 Å². The fraction of sp³-hybridized carbons (Fsp3) is 0.630. The molecule has 0 aliphatic carbocycles. The van der Waals surface area contributed by atoms with Crippen LogP contribution in [0.25, 0.3) is 0 Å². The number of likely N-dealkylation sites (tertiary alicyclic amines) is 1. The second-order valence-electron chi connectivity index (χ2n) is 10.6. The summed E-state index contributed by atoms with van der Waals surface area (Å²) in [6.07, 6.45) is 3.35. The molecule has 1 fully saturated rings. The number of nitrogens with one attached hydrogen (secondary N) is 4. The number of hydrogen-bond donors (Lipinski definition) is 6. The van der Waals surface area contributed by atoms with Crippen LogP contribution in [0.1, 0.15) is 46.0 Å². The summed E-state index contributed by atoms with van der Waals surface area (Å²) in [5.41, 5.74) is 5.10. The smallest absolute Gasteiger partial charge is 0.322 e. The van der Waals surface area contributed by atoms with E-state index in [1.807, 2.05) is 0 Å². The van der Waals surface area contributed by atoms with Crippen molar-refractivity contribution in [3.63, 3.8) is 0 Å². The number of carboxylic acid groups (broad SMARTS) is 1. The second kappa shape index (κ2) is 17.5. The van der Waals surface area contributed by atoms with Crippen LogP contribution in [0.2, 0.25) is 0 Å². The van der Waals surface area contributed by atoms with Gasteiger partial charge in [0.2, 0.25) is 23.6 Å². The number of nitrogens with zero attached hydrogens (tertiary/aromatic N) is 2. The molecule has 0 bridgehead atoms. The van der Waals surface area contributed by atoms with Crippen molar-refractivity contribution in [1.82, 2.24) is 31.1 Å². The fourth-order valence-electron chi connectivity index (χ4n) is 4.68. The zero-order valence-corrected chi connectivity index (χ0v) is 24.8. The zero-order valence-electron chi connectivity index (χ0n) is 24.8. The molecule has 17 heteroatoms. The molecule has 2 aliphatic heterocycles. The summed E-state index contributed by atoms with van der Waals surface area (Å²) in [6, 6.07) is -3.81. The first-order valence-corrected chi connectivity index (χ1v) is 14.4. The molecule has 2 rings (SSSR count). The maximum Gasteiger partial charge on any atom is 0.322 e. The molecule has 0 spiro atoms. The number of ether oxygens (including phenoxy) is 1. The van der Waals surface area contributed by atoms with Gasteiger partial charge >= 0.3 is 12.0 Å². The first-order valence-electron chi connectivity index (χ1n) is 14.4. The minimum absolute atomic E-state index is 0.0285. The Balaban J connectivity index is 1.99. The summed E-state index contributed by atoms with van der Waals surface area (Å²) in [4.78, 5) is 99.4. The number of rotatable bonds is 18. The molecule has 0 saturated carbocycles. The number of carbonyl (C=O) groups is 8. The van der Waals surface area contributed by atoms with Crippen LogP contribution >= 0.6 is 0 Å². The molecule has 7 N–H and O–H groups in total. The number of urea groups is 1. The highest BCUT2D eigenvalue weighted by Gasteiger charge is 2.38. The van der Waals surface area contributed by atoms with Crippen LogP contribution in [0.4, 0.5) is 4.79 Å². The van der Waals surface area contributed by atoms with Crippen LogP contribution in [-0.2, 0) is 38.3 Å². The van der Waals surface area contributed by atoms with E-state index >= 15 is 0 Å². The van der Waals surface area contributed by atoms with Crippen LogP contribution in [-0.4, -0.2) is 120 Å². The van der Waals surface area contributed by atoms with Gasteiger partial charge in [0.1, 0.15) is 24.7 Å². The van der Waals surface area contributed by atoms with E-state index in [-0.39, 0.29) is 58.0 Å². The SMILES string of the molecule is CC(C)[C@H](NC(=O)CCOCCN1C(=O)C=CC1=O)C(=O)N[C@@H](CCCNC(N)=O)C(=O)N1CCC[C@H]1C(=O)NCC(=O)O. The van der Waals surface area contributed by atoms with Crippen LogP contribution in [0.15, 0.2) is 12.2 Å². The molecule has 0 radical (unpaired) electrons. The van der Waals surface area contributed by atoms with Gasteiger partial charge in [0.25, 0.3) is 11.8 Å². The van der Waals surface area contributed by atoms with Crippen molar-refractivity contribution in [3.8, 4) is 0 Å². The van der Waals surface area contributed by atoms with E-state index < -0.39 is 72.1 Å². The van der Waals surface area contributed by atoms with Gasteiger partial charge in [-0.2, -0.15) is 0 Å². The molecular weight excluding hydrogens is 582 g/mol. The molecule has 1 saturated heterocycles. The highest BCUT2D eigenvalue weighted by Crippen LogP contribution is 2.20. The van der Waals surface area contributed by atoms with Gasteiger partial charge in [-0.25, -0.2) is 4.79 Å². The minimum atomic E-state index is -1.23. The summed E-state index contributed by atoms with van der Waals surface area (Å²) in [5.74, 6) is -4.82. The average molecular weight is 624 g/mol. The van der Waals surface area contributed by atoms with Crippen molar-refractivity contribution in [2.24, 2.45) is 11.7 Å². The molecule has 0 aromatic carbocycles. The number of hydrogen-bond acceptors (Lipinski definition) is 9. The molecule has 0 unspecified atom stereocenters. The van der Waals surface area contributed by atoms with Crippen molar-refractivity contribution in [2.75, 3.05) is 39.4 Å². The van der Waals surface area contributed by atoms with E-state index in [4.69, 9.17) is 15.6 Å².